The second-order valence-corrected chi connectivity index (χ2v) is 9.21. The van der Waals surface area contributed by atoms with Gasteiger partial charge in [-0.25, -0.2) is 13.4 Å². The van der Waals surface area contributed by atoms with Crippen LogP contribution in [-0.4, -0.2) is 57.4 Å². The lowest BCUT2D eigenvalue weighted by Gasteiger charge is -2.35. The van der Waals surface area contributed by atoms with Crippen LogP contribution in [0.15, 0.2) is 83.9 Å². The molecule has 8 heteroatoms. The third-order valence-electron chi connectivity index (χ3n) is 5.42. The van der Waals surface area contributed by atoms with Gasteiger partial charge in [-0.2, -0.15) is 0 Å². The number of carbonyl (C=O) groups excluding carboxylic acids is 1. The fraction of sp³-hybridized carbons (Fsp3) is 0.217. The molecule has 0 unspecified atom stereocenters. The van der Waals surface area contributed by atoms with E-state index in [0.29, 0.717) is 31.9 Å². The molecule has 0 aliphatic carbocycles. The van der Waals surface area contributed by atoms with Gasteiger partial charge in [-0.15, -0.1) is 0 Å². The highest BCUT2D eigenvalue weighted by molar-refractivity contribution is 7.92. The summed E-state index contributed by atoms with van der Waals surface area (Å²) in [5.74, 6) is 0.600. The van der Waals surface area contributed by atoms with Gasteiger partial charge in [0.2, 0.25) is 0 Å². The summed E-state index contributed by atoms with van der Waals surface area (Å²) in [5.41, 5.74) is 0.727. The first kappa shape index (κ1) is 20.9. The standard InChI is InChI=1S/C23H24N4O3S/c1-25(19-9-3-2-4-10-19)31(29,30)21-12-6-5-11-20(21)23(28)27-17-15-26(16-18-27)22-13-7-8-14-24-22/h2-14H,15-18H2,1H3. The second-order valence-electron chi connectivity index (χ2n) is 7.27. The van der Waals surface area contributed by atoms with E-state index < -0.39 is 10.0 Å². The molecule has 7 nitrogen and oxygen atoms in total. The van der Waals surface area contributed by atoms with Gasteiger partial charge in [-0.3, -0.25) is 9.10 Å². The molecule has 1 saturated heterocycles. The van der Waals surface area contributed by atoms with Gasteiger partial charge in [-0.1, -0.05) is 36.4 Å². The summed E-state index contributed by atoms with van der Waals surface area (Å²) in [6.45, 7) is 2.28. The maximum Gasteiger partial charge on any atom is 0.264 e. The van der Waals surface area contributed by atoms with E-state index in [1.807, 2.05) is 24.3 Å². The van der Waals surface area contributed by atoms with E-state index in [1.165, 1.54) is 17.4 Å². The van der Waals surface area contributed by atoms with Crippen molar-refractivity contribution in [2.75, 3.05) is 42.4 Å². The zero-order valence-corrected chi connectivity index (χ0v) is 18.1. The molecule has 1 aliphatic heterocycles. The molecule has 2 aromatic carbocycles. The van der Waals surface area contributed by atoms with Crippen LogP contribution in [0.4, 0.5) is 11.5 Å². The van der Waals surface area contributed by atoms with Crippen molar-refractivity contribution < 1.29 is 13.2 Å². The number of carbonyl (C=O) groups is 1. The number of hydrogen-bond donors (Lipinski definition) is 0. The lowest BCUT2D eigenvalue weighted by atomic mass is 10.2. The zero-order chi connectivity index (χ0) is 21.8. The van der Waals surface area contributed by atoms with Crippen molar-refractivity contribution >= 4 is 27.4 Å². The molecule has 0 radical (unpaired) electrons. The summed E-state index contributed by atoms with van der Waals surface area (Å²) in [5, 5.41) is 0. The maximum atomic E-state index is 13.3. The minimum absolute atomic E-state index is 0.0125. The van der Waals surface area contributed by atoms with Crippen molar-refractivity contribution in [3.05, 3.63) is 84.6 Å². The highest BCUT2D eigenvalue weighted by atomic mass is 32.2. The van der Waals surface area contributed by atoms with Crippen LogP contribution in [0.2, 0.25) is 0 Å². The van der Waals surface area contributed by atoms with Crippen molar-refractivity contribution in [3.8, 4) is 0 Å². The predicted molar refractivity (Wildman–Crippen MR) is 121 cm³/mol. The van der Waals surface area contributed by atoms with Gasteiger partial charge in [-0.05, 0) is 36.4 Å². The smallest absolute Gasteiger partial charge is 0.264 e. The monoisotopic (exact) mass is 436 g/mol. The Hall–Kier alpha value is -3.39. The normalized spacial score (nSPS) is 14.4. The molecule has 2 heterocycles. The van der Waals surface area contributed by atoms with Gasteiger partial charge in [0.15, 0.2) is 0 Å². The van der Waals surface area contributed by atoms with Crippen molar-refractivity contribution in [2.45, 2.75) is 4.90 Å². The number of benzene rings is 2. The fourth-order valence-corrected chi connectivity index (χ4v) is 5.02. The SMILES string of the molecule is CN(c1ccccc1)S(=O)(=O)c1ccccc1C(=O)N1CCN(c2ccccn2)CC1. The number of anilines is 2. The van der Waals surface area contributed by atoms with Crippen LogP contribution in [0.1, 0.15) is 10.4 Å². The third kappa shape index (κ3) is 4.25. The van der Waals surface area contributed by atoms with E-state index in [9.17, 15) is 13.2 Å². The van der Waals surface area contributed by atoms with Crippen LogP contribution < -0.4 is 9.21 Å². The molecular formula is C23H24N4O3S. The number of sulfonamides is 1. The maximum absolute atomic E-state index is 13.3. The molecule has 1 aliphatic rings. The molecule has 0 N–H and O–H groups in total. The Kier molecular flexibility index (Phi) is 5.90. The number of amides is 1. The first-order chi connectivity index (χ1) is 15.0. The number of aromatic nitrogens is 1. The van der Waals surface area contributed by atoms with Gasteiger partial charge in [0.25, 0.3) is 15.9 Å². The van der Waals surface area contributed by atoms with Crippen LogP contribution in [-0.2, 0) is 10.0 Å². The second kappa shape index (κ2) is 8.77. The Morgan fingerprint density at radius 3 is 2.19 bits per heavy atom. The Bertz CT molecular complexity index is 1150. The van der Waals surface area contributed by atoms with E-state index in [4.69, 9.17) is 0 Å². The lowest BCUT2D eigenvalue weighted by Crippen LogP contribution is -2.49. The Labute approximate surface area is 182 Å². The number of rotatable bonds is 5. The molecule has 1 fully saturated rings. The first-order valence-corrected chi connectivity index (χ1v) is 11.5. The average molecular weight is 437 g/mol. The summed E-state index contributed by atoms with van der Waals surface area (Å²) >= 11 is 0. The molecule has 0 saturated carbocycles. The first-order valence-electron chi connectivity index (χ1n) is 10.1. The molecule has 160 valence electrons. The molecule has 0 atom stereocenters. The Balaban J connectivity index is 1.55. The lowest BCUT2D eigenvalue weighted by molar-refractivity contribution is 0.0742. The van der Waals surface area contributed by atoms with Crippen molar-refractivity contribution in [1.82, 2.24) is 9.88 Å². The largest absolute Gasteiger partial charge is 0.353 e. The van der Waals surface area contributed by atoms with Crippen LogP contribution >= 0.6 is 0 Å². The molecule has 1 aromatic heterocycles. The quantitative estimate of drug-likeness (QED) is 0.615. The Morgan fingerprint density at radius 2 is 1.52 bits per heavy atom. The van der Waals surface area contributed by atoms with Crippen LogP contribution in [0.25, 0.3) is 0 Å². The zero-order valence-electron chi connectivity index (χ0n) is 17.3. The van der Waals surface area contributed by atoms with E-state index in [0.717, 1.165) is 5.82 Å². The van der Waals surface area contributed by atoms with Crippen LogP contribution in [0, 0.1) is 0 Å². The number of para-hydroxylation sites is 1. The minimum atomic E-state index is -3.89. The highest BCUT2D eigenvalue weighted by Gasteiger charge is 2.30. The van der Waals surface area contributed by atoms with E-state index in [2.05, 4.69) is 9.88 Å². The molecule has 1 amide bonds. The van der Waals surface area contributed by atoms with Crippen molar-refractivity contribution in [2.24, 2.45) is 0 Å². The number of pyridine rings is 1. The van der Waals surface area contributed by atoms with Gasteiger partial charge in [0, 0.05) is 39.4 Å². The Morgan fingerprint density at radius 1 is 0.871 bits per heavy atom. The summed E-state index contributed by atoms with van der Waals surface area (Å²) in [6.07, 6.45) is 1.75. The summed E-state index contributed by atoms with van der Waals surface area (Å²) in [6, 6.07) is 21.0. The average Bonchev–Trinajstić information content (AvgIpc) is 2.84. The van der Waals surface area contributed by atoms with E-state index >= 15 is 0 Å². The van der Waals surface area contributed by atoms with Crippen molar-refractivity contribution in [1.29, 1.82) is 0 Å². The molecular weight excluding hydrogens is 412 g/mol. The van der Waals surface area contributed by atoms with Crippen molar-refractivity contribution in [3.63, 3.8) is 0 Å². The minimum Gasteiger partial charge on any atom is -0.353 e. The van der Waals surface area contributed by atoms with E-state index in [-0.39, 0.29) is 16.4 Å². The van der Waals surface area contributed by atoms with Gasteiger partial charge < -0.3 is 9.80 Å². The molecule has 31 heavy (non-hydrogen) atoms. The molecule has 0 spiro atoms. The number of nitrogens with zero attached hydrogens (tertiary/aromatic N) is 4. The highest BCUT2D eigenvalue weighted by Crippen LogP contribution is 2.25. The summed E-state index contributed by atoms with van der Waals surface area (Å²) < 4.78 is 27.8. The molecule has 0 bridgehead atoms. The number of piperazine rings is 1. The fourth-order valence-electron chi connectivity index (χ4n) is 3.64. The van der Waals surface area contributed by atoms with E-state index in [1.54, 1.807) is 53.6 Å². The summed E-state index contributed by atoms with van der Waals surface area (Å²) in [7, 11) is -2.40. The summed E-state index contributed by atoms with van der Waals surface area (Å²) in [4.78, 5) is 21.5. The van der Waals surface area contributed by atoms with Gasteiger partial charge in [0.1, 0.15) is 10.7 Å². The predicted octanol–water partition coefficient (Wildman–Crippen LogP) is 2.87. The molecule has 3 aromatic rings. The number of hydrogen-bond acceptors (Lipinski definition) is 5. The van der Waals surface area contributed by atoms with Gasteiger partial charge in [0.05, 0.1) is 11.3 Å². The van der Waals surface area contributed by atoms with Crippen LogP contribution in [0.3, 0.4) is 0 Å². The molecule has 4 rings (SSSR count). The van der Waals surface area contributed by atoms with Gasteiger partial charge >= 0.3 is 0 Å². The van der Waals surface area contributed by atoms with Crippen LogP contribution in [0.5, 0.6) is 0 Å². The third-order valence-corrected chi connectivity index (χ3v) is 7.26. The topological polar surface area (TPSA) is 73.8 Å².